The lowest BCUT2D eigenvalue weighted by Crippen LogP contribution is -2.14. The molecule has 0 aliphatic carbocycles. The average Bonchev–Trinajstić information content (AvgIpc) is 2.35. The second-order valence-electron chi connectivity index (χ2n) is 3.66. The first kappa shape index (κ1) is 12.7. The van der Waals surface area contributed by atoms with Crippen LogP contribution in [0, 0.1) is 0 Å². The predicted octanol–water partition coefficient (Wildman–Crippen LogP) is 3.83. The van der Waals surface area contributed by atoms with Gasteiger partial charge in [0.15, 0.2) is 0 Å². The van der Waals surface area contributed by atoms with Gasteiger partial charge in [0.1, 0.15) is 0 Å². The molecule has 0 saturated heterocycles. The molecule has 1 amide bonds. The fourth-order valence-electron chi connectivity index (χ4n) is 1.47. The Morgan fingerprint density at radius 1 is 1.06 bits per heavy atom. The van der Waals surface area contributed by atoms with Crippen molar-refractivity contribution in [3.63, 3.8) is 0 Å². The molecular weight excluding hydrogens is 271 g/mol. The van der Waals surface area contributed by atoms with Crippen LogP contribution in [0.1, 0.15) is 10.4 Å². The molecule has 0 fully saturated rings. The van der Waals surface area contributed by atoms with Crippen LogP contribution in [0.15, 0.2) is 42.5 Å². The highest BCUT2D eigenvalue weighted by atomic mass is 35.5. The first-order valence-corrected chi connectivity index (χ1v) is 5.94. The van der Waals surface area contributed by atoms with E-state index in [9.17, 15) is 4.79 Å². The fourth-order valence-corrected chi connectivity index (χ4v) is 1.77. The van der Waals surface area contributed by atoms with Crippen LogP contribution in [-0.4, -0.2) is 5.91 Å². The molecule has 0 atom stereocenters. The Labute approximate surface area is 115 Å². The van der Waals surface area contributed by atoms with Gasteiger partial charge in [-0.1, -0.05) is 29.3 Å². The number of nitrogens with one attached hydrogen (secondary N) is 1. The highest BCUT2D eigenvalue weighted by molar-refractivity contribution is 6.34. The first-order valence-electron chi connectivity index (χ1n) is 5.19. The highest BCUT2D eigenvalue weighted by Crippen LogP contribution is 2.23. The molecule has 2 aromatic carbocycles. The number of nitrogens with two attached hydrogens (primary N) is 1. The summed E-state index contributed by atoms with van der Waals surface area (Å²) in [5, 5.41) is 3.68. The zero-order valence-electron chi connectivity index (χ0n) is 9.28. The second-order valence-corrected chi connectivity index (χ2v) is 4.51. The zero-order valence-corrected chi connectivity index (χ0v) is 10.8. The summed E-state index contributed by atoms with van der Waals surface area (Å²) in [7, 11) is 0. The highest BCUT2D eigenvalue weighted by Gasteiger charge is 2.11. The van der Waals surface area contributed by atoms with E-state index in [1.54, 1.807) is 42.5 Å². The van der Waals surface area contributed by atoms with Gasteiger partial charge >= 0.3 is 0 Å². The van der Waals surface area contributed by atoms with Crippen LogP contribution < -0.4 is 11.1 Å². The molecule has 5 heteroatoms. The van der Waals surface area contributed by atoms with Gasteiger partial charge < -0.3 is 11.1 Å². The average molecular weight is 281 g/mol. The number of rotatable bonds is 2. The molecule has 92 valence electrons. The number of benzene rings is 2. The standard InChI is InChI=1S/C13H10Cl2N2O/c14-8-4-6-9(7-5-8)17-13(18)10-2-1-3-11(15)12(10)16/h1-7H,16H2,(H,17,18). The maximum atomic E-state index is 12.0. The molecule has 0 aliphatic heterocycles. The van der Waals surface area contributed by atoms with Crippen molar-refractivity contribution in [2.45, 2.75) is 0 Å². The van der Waals surface area contributed by atoms with Crippen molar-refractivity contribution >= 4 is 40.5 Å². The van der Waals surface area contributed by atoms with Gasteiger partial charge in [-0.05, 0) is 36.4 Å². The third-order valence-corrected chi connectivity index (χ3v) is 2.98. The largest absolute Gasteiger partial charge is 0.397 e. The number of hydrogen-bond donors (Lipinski definition) is 2. The number of carbonyl (C=O) groups excluding carboxylic acids is 1. The minimum Gasteiger partial charge on any atom is -0.397 e. The molecule has 0 aliphatic rings. The van der Waals surface area contributed by atoms with E-state index in [0.717, 1.165) is 0 Å². The van der Waals surface area contributed by atoms with Crippen LogP contribution in [0.25, 0.3) is 0 Å². The van der Waals surface area contributed by atoms with E-state index in [1.165, 1.54) is 0 Å². The van der Waals surface area contributed by atoms with Gasteiger partial charge in [-0.3, -0.25) is 4.79 Å². The van der Waals surface area contributed by atoms with E-state index in [2.05, 4.69) is 5.32 Å². The molecule has 0 heterocycles. The summed E-state index contributed by atoms with van der Waals surface area (Å²) < 4.78 is 0. The van der Waals surface area contributed by atoms with E-state index >= 15 is 0 Å². The summed E-state index contributed by atoms with van der Waals surface area (Å²) in [5.41, 5.74) is 7.00. The molecule has 0 unspecified atom stereocenters. The Morgan fingerprint density at radius 2 is 1.72 bits per heavy atom. The summed E-state index contributed by atoms with van der Waals surface area (Å²) in [5.74, 6) is -0.308. The normalized spacial score (nSPS) is 10.1. The predicted molar refractivity (Wildman–Crippen MR) is 75.3 cm³/mol. The van der Waals surface area contributed by atoms with Gasteiger partial charge in [-0.15, -0.1) is 0 Å². The molecule has 2 rings (SSSR count). The number of carbonyl (C=O) groups is 1. The molecular formula is C13H10Cl2N2O. The van der Waals surface area contributed by atoms with Gasteiger partial charge in [0.05, 0.1) is 16.3 Å². The molecule has 0 bridgehead atoms. The fraction of sp³-hybridized carbons (Fsp3) is 0. The van der Waals surface area contributed by atoms with E-state index < -0.39 is 0 Å². The molecule has 0 aromatic heterocycles. The molecule has 3 N–H and O–H groups in total. The molecule has 3 nitrogen and oxygen atoms in total. The minimum atomic E-state index is -0.308. The van der Waals surface area contributed by atoms with Crippen LogP contribution >= 0.6 is 23.2 Å². The number of nitrogen functional groups attached to an aromatic ring is 1. The summed E-state index contributed by atoms with van der Waals surface area (Å²) in [6, 6.07) is 11.7. The second kappa shape index (κ2) is 5.29. The van der Waals surface area contributed by atoms with Gasteiger partial charge in [0, 0.05) is 10.7 Å². The number of hydrogen-bond acceptors (Lipinski definition) is 2. The lowest BCUT2D eigenvalue weighted by molar-refractivity contribution is 0.102. The van der Waals surface area contributed by atoms with E-state index in [-0.39, 0.29) is 11.6 Å². The Bertz CT molecular complexity index is 582. The van der Waals surface area contributed by atoms with Crippen LogP contribution in [0.4, 0.5) is 11.4 Å². The van der Waals surface area contributed by atoms with Crippen molar-refractivity contribution in [3.8, 4) is 0 Å². The van der Waals surface area contributed by atoms with Crippen LogP contribution in [0.5, 0.6) is 0 Å². The first-order chi connectivity index (χ1) is 8.58. The number of halogens is 2. The quantitative estimate of drug-likeness (QED) is 0.822. The summed E-state index contributed by atoms with van der Waals surface area (Å²) in [6.45, 7) is 0. The van der Waals surface area contributed by atoms with Crippen LogP contribution in [0.3, 0.4) is 0 Å². The Morgan fingerprint density at radius 3 is 2.39 bits per heavy atom. The van der Waals surface area contributed by atoms with Crippen molar-refractivity contribution in [2.24, 2.45) is 0 Å². The minimum absolute atomic E-state index is 0.269. The van der Waals surface area contributed by atoms with Crippen molar-refractivity contribution in [3.05, 3.63) is 58.1 Å². The lowest BCUT2D eigenvalue weighted by atomic mass is 10.1. The van der Waals surface area contributed by atoms with Crippen molar-refractivity contribution in [1.82, 2.24) is 0 Å². The smallest absolute Gasteiger partial charge is 0.257 e. The molecule has 0 spiro atoms. The van der Waals surface area contributed by atoms with Crippen LogP contribution in [-0.2, 0) is 0 Å². The van der Waals surface area contributed by atoms with E-state index in [4.69, 9.17) is 28.9 Å². The maximum absolute atomic E-state index is 12.0. The topological polar surface area (TPSA) is 55.1 Å². The molecule has 0 radical (unpaired) electrons. The van der Waals surface area contributed by atoms with Crippen molar-refractivity contribution < 1.29 is 4.79 Å². The number of anilines is 2. The monoisotopic (exact) mass is 280 g/mol. The van der Waals surface area contributed by atoms with E-state index in [0.29, 0.717) is 21.3 Å². The van der Waals surface area contributed by atoms with E-state index in [1.807, 2.05) is 0 Å². The zero-order chi connectivity index (χ0) is 13.1. The Kier molecular flexibility index (Phi) is 3.75. The van der Waals surface area contributed by atoms with Gasteiger partial charge in [0.2, 0.25) is 0 Å². The summed E-state index contributed by atoms with van der Waals surface area (Å²) in [4.78, 5) is 12.0. The van der Waals surface area contributed by atoms with Gasteiger partial charge in [-0.25, -0.2) is 0 Å². The van der Waals surface area contributed by atoms with Crippen molar-refractivity contribution in [1.29, 1.82) is 0 Å². The maximum Gasteiger partial charge on any atom is 0.257 e. The van der Waals surface area contributed by atoms with Gasteiger partial charge in [-0.2, -0.15) is 0 Å². The summed E-state index contributed by atoms with van der Waals surface area (Å²) in [6.07, 6.45) is 0. The third kappa shape index (κ3) is 2.75. The lowest BCUT2D eigenvalue weighted by Gasteiger charge is -2.08. The van der Waals surface area contributed by atoms with Gasteiger partial charge in [0.25, 0.3) is 5.91 Å². The third-order valence-electron chi connectivity index (χ3n) is 2.40. The number of amides is 1. The van der Waals surface area contributed by atoms with Crippen LogP contribution in [0.2, 0.25) is 10.0 Å². The molecule has 0 saturated carbocycles. The SMILES string of the molecule is Nc1c(Cl)cccc1C(=O)Nc1ccc(Cl)cc1. The summed E-state index contributed by atoms with van der Waals surface area (Å²) >= 11 is 11.6. The molecule has 2 aromatic rings. The molecule has 18 heavy (non-hydrogen) atoms. The number of para-hydroxylation sites is 1. The van der Waals surface area contributed by atoms with Crippen molar-refractivity contribution in [2.75, 3.05) is 11.1 Å². The Balaban J connectivity index is 2.22. The Hall–Kier alpha value is -1.71.